The third-order valence-electron chi connectivity index (χ3n) is 0.957. The molecule has 2 amide bonds. The van der Waals surface area contributed by atoms with Crippen molar-refractivity contribution in [3.8, 4) is 0 Å². The molecule has 0 aromatic heterocycles. The van der Waals surface area contributed by atoms with Gasteiger partial charge in [0.05, 0.1) is 0 Å². The zero-order valence-electron chi connectivity index (χ0n) is 5.87. The summed E-state index contributed by atoms with van der Waals surface area (Å²) in [6.45, 7) is 1.30. The van der Waals surface area contributed by atoms with Crippen LogP contribution in [0.15, 0.2) is 0 Å². The van der Waals surface area contributed by atoms with Gasteiger partial charge in [0, 0.05) is 6.54 Å². The van der Waals surface area contributed by atoms with Gasteiger partial charge in [-0.05, 0) is 6.92 Å². The Morgan fingerprint density at radius 3 is 2.30 bits per heavy atom. The topological polar surface area (TPSA) is 72.8 Å². The summed E-state index contributed by atoms with van der Waals surface area (Å²) in [6.07, 6.45) is 0. The van der Waals surface area contributed by atoms with E-state index in [1.807, 2.05) is 0 Å². The van der Waals surface area contributed by atoms with Crippen LogP contribution in [0.1, 0.15) is 6.92 Å². The van der Waals surface area contributed by atoms with Gasteiger partial charge in [-0.25, -0.2) is 4.79 Å². The van der Waals surface area contributed by atoms with E-state index in [-0.39, 0.29) is 0 Å². The lowest BCUT2D eigenvalue weighted by atomic mass is 10.7. The van der Waals surface area contributed by atoms with Gasteiger partial charge >= 0.3 is 6.03 Å². The Balaban J connectivity index is 3.65. The second kappa shape index (κ2) is 5.01. The Morgan fingerprint density at radius 1 is 1.50 bits per heavy atom. The highest BCUT2D eigenvalue weighted by atomic mass is 16.3. The average Bonchev–Trinajstić information content (AvgIpc) is 1.91. The van der Waals surface area contributed by atoms with Gasteiger partial charge in [0.1, 0.15) is 13.5 Å². The van der Waals surface area contributed by atoms with E-state index in [0.717, 1.165) is 4.90 Å². The molecule has 60 valence electrons. The number of nitrogens with zero attached hydrogens (tertiary/aromatic N) is 1. The summed E-state index contributed by atoms with van der Waals surface area (Å²) < 4.78 is 0. The Labute approximate surface area is 59.3 Å². The molecule has 0 radical (unpaired) electrons. The number of aliphatic hydroxyl groups is 2. The van der Waals surface area contributed by atoms with Crippen LogP contribution in [-0.2, 0) is 0 Å². The van der Waals surface area contributed by atoms with Crippen LogP contribution in [0.4, 0.5) is 4.79 Å². The number of carbonyl (C=O) groups is 1. The fourth-order valence-electron chi connectivity index (χ4n) is 0.436. The van der Waals surface area contributed by atoms with Gasteiger partial charge in [-0.15, -0.1) is 0 Å². The number of carbonyl (C=O) groups excluding carboxylic acids is 1. The Bertz CT molecular complexity index is 103. The monoisotopic (exact) mass is 148 g/mol. The highest BCUT2D eigenvalue weighted by Gasteiger charge is 2.07. The maximum absolute atomic E-state index is 10.7. The molecule has 0 aliphatic heterocycles. The zero-order chi connectivity index (χ0) is 7.98. The first-order valence-electron chi connectivity index (χ1n) is 3.00. The third-order valence-corrected chi connectivity index (χ3v) is 0.957. The molecule has 0 spiro atoms. The largest absolute Gasteiger partial charge is 0.376 e. The average molecular weight is 148 g/mol. The van der Waals surface area contributed by atoms with Crippen LogP contribution in [0.25, 0.3) is 0 Å². The second-order valence-corrected chi connectivity index (χ2v) is 1.66. The van der Waals surface area contributed by atoms with Crippen molar-refractivity contribution in [2.24, 2.45) is 0 Å². The fraction of sp³-hybridized carbons (Fsp3) is 0.800. The minimum absolute atomic E-state index is 0.465. The van der Waals surface area contributed by atoms with Crippen molar-refractivity contribution in [3.63, 3.8) is 0 Å². The van der Waals surface area contributed by atoms with E-state index < -0.39 is 19.5 Å². The van der Waals surface area contributed by atoms with E-state index in [0.29, 0.717) is 6.54 Å². The number of aliphatic hydroxyl groups excluding tert-OH is 2. The summed E-state index contributed by atoms with van der Waals surface area (Å²) in [5.74, 6) is 0. The number of rotatable bonds is 3. The number of hydrogen-bond donors (Lipinski definition) is 3. The molecule has 0 saturated carbocycles. The van der Waals surface area contributed by atoms with Gasteiger partial charge in [0.25, 0.3) is 0 Å². The van der Waals surface area contributed by atoms with Crippen LogP contribution in [0.5, 0.6) is 0 Å². The molecule has 0 heterocycles. The summed E-state index contributed by atoms with van der Waals surface area (Å²) >= 11 is 0. The van der Waals surface area contributed by atoms with Crippen molar-refractivity contribution in [2.45, 2.75) is 6.92 Å². The van der Waals surface area contributed by atoms with Crippen LogP contribution in [-0.4, -0.2) is 41.2 Å². The molecular weight excluding hydrogens is 136 g/mol. The van der Waals surface area contributed by atoms with Crippen molar-refractivity contribution < 1.29 is 15.0 Å². The van der Waals surface area contributed by atoms with Crippen molar-refractivity contribution in [1.82, 2.24) is 10.2 Å². The molecule has 0 bridgehead atoms. The second-order valence-electron chi connectivity index (χ2n) is 1.66. The predicted molar refractivity (Wildman–Crippen MR) is 35.1 cm³/mol. The summed E-state index contributed by atoms with van der Waals surface area (Å²) in [4.78, 5) is 11.6. The van der Waals surface area contributed by atoms with Crippen LogP contribution in [0.2, 0.25) is 0 Å². The van der Waals surface area contributed by atoms with E-state index in [4.69, 9.17) is 10.2 Å². The molecular formula is C5H12N2O3. The first-order valence-corrected chi connectivity index (χ1v) is 3.00. The highest BCUT2D eigenvalue weighted by molar-refractivity contribution is 5.73. The molecule has 0 aromatic carbocycles. The Kier molecular flexibility index (Phi) is 4.61. The van der Waals surface area contributed by atoms with Crippen LogP contribution in [0, 0.1) is 0 Å². The SMILES string of the molecule is CCNC(=O)N(CO)CO. The predicted octanol–water partition coefficient (Wildman–Crippen LogP) is -1.08. The standard InChI is InChI=1S/C5H12N2O3/c1-2-6-5(10)7(3-8)4-9/h8-9H,2-4H2,1H3,(H,6,10). The fourth-order valence-corrected chi connectivity index (χ4v) is 0.436. The summed E-state index contributed by atoms with van der Waals surface area (Å²) in [5.41, 5.74) is 0. The molecule has 0 unspecified atom stereocenters. The molecule has 10 heavy (non-hydrogen) atoms. The molecule has 0 fully saturated rings. The lowest BCUT2D eigenvalue weighted by molar-refractivity contribution is 0.0571. The number of urea groups is 1. The van der Waals surface area contributed by atoms with Gasteiger partial charge in [0.2, 0.25) is 0 Å². The first-order chi connectivity index (χ1) is 4.76. The van der Waals surface area contributed by atoms with Crippen LogP contribution in [0.3, 0.4) is 0 Å². The molecule has 0 aromatic rings. The van der Waals surface area contributed by atoms with Crippen molar-refractivity contribution in [1.29, 1.82) is 0 Å². The summed E-state index contributed by atoms with van der Waals surface area (Å²) in [5, 5.41) is 19.3. The van der Waals surface area contributed by atoms with Crippen molar-refractivity contribution >= 4 is 6.03 Å². The summed E-state index contributed by atoms with van der Waals surface area (Å²) in [6, 6.07) is -0.465. The molecule has 0 saturated heterocycles. The van der Waals surface area contributed by atoms with E-state index in [2.05, 4.69) is 5.32 Å². The molecule has 0 atom stereocenters. The van der Waals surface area contributed by atoms with E-state index in [1.54, 1.807) is 6.92 Å². The van der Waals surface area contributed by atoms with E-state index >= 15 is 0 Å². The number of amides is 2. The zero-order valence-corrected chi connectivity index (χ0v) is 5.87. The van der Waals surface area contributed by atoms with Crippen molar-refractivity contribution in [2.75, 3.05) is 20.0 Å². The molecule has 0 aliphatic carbocycles. The number of hydrogen-bond acceptors (Lipinski definition) is 3. The van der Waals surface area contributed by atoms with Crippen LogP contribution >= 0.6 is 0 Å². The Morgan fingerprint density at radius 2 is 2.00 bits per heavy atom. The van der Waals surface area contributed by atoms with Gasteiger partial charge in [-0.1, -0.05) is 0 Å². The van der Waals surface area contributed by atoms with E-state index in [9.17, 15) is 4.79 Å². The van der Waals surface area contributed by atoms with E-state index in [1.165, 1.54) is 0 Å². The molecule has 5 nitrogen and oxygen atoms in total. The molecule has 5 heteroatoms. The molecule has 0 aliphatic rings. The first kappa shape index (κ1) is 9.19. The third kappa shape index (κ3) is 2.65. The molecule has 0 rings (SSSR count). The maximum Gasteiger partial charge on any atom is 0.321 e. The van der Waals surface area contributed by atoms with Gasteiger partial charge in [0.15, 0.2) is 0 Å². The lowest BCUT2D eigenvalue weighted by Crippen LogP contribution is -2.40. The smallest absolute Gasteiger partial charge is 0.321 e. The minimum Gasteiger partial charge on any atom is -0.376 e. The van der Waals surface area contributed by atoms with Gasteiger partial charge in [-0.3, -0.25) is 4.90 Å². The summed E-state index contributed by atoms with van der Waals surface area (Å²) in [7, 11) is 0. The van der Waals surface area contributed by atoms with Crippen LogP contribution < -0.4 is 5.32 Å². The lowest BCUT2D eigenvalue weighted by Gasteiger charge is -2.16. The minimum atomic E-state index is -0.470. The van der Waals surface area contributed by atoms with Gasteiger partial charge in [-0.2, -0.15) is 0 Å². The highest BCUT2D eigenvalue weighted by Crippen LogP contribution is 1.83. The Hall–Kier alpha value is -0.810. The maximum atomic E-state index is 10.7. The van der Waals surface area contributed by atoms with Crippen molar-refractivity contribution in [3.05, 3.63) is 0 Å². The quantitative estimate of drug-likeness (QED) is 0.446. The van der Waals surface area contributed by atoms with Gasteiger partial charge < -0.3 is 15.5 Å². The number of nitrogens with one attached hydrogen (secondary N) is 1. The molecule has 3 N–H and O–H groups in total. The normalized spacial score (nSPS) is 9.10.